The maximum Gasteiger partial charge on any atom is 0.271 e. The first-order chi connectivity index (χ1) is 9.10. The molecule has 2 rings (SSSR count). The number of nitrogens with one attached hydrogen (secondary N) is 1. The molecule has 0 bridgehead atoms. The molecule has 1 aromatic carbocycles. The lowest BCUT2D eigenvalue weighted by Crippen LogP contribution is -1.99. The first kappa shape index (κ1) is 13.8. The van der Waals surface area contributed by atoms with Crippen LogP contribution in [0, 0.1) is 10.1 Å². The lowest BCUT2D eigenvalue weighted by Gasteiger charge is -2.06. The second kappa shape index (κ2) is 6.04. The Labute approximate surface area is 120 Å². The Morgan fingerprint density at radius 3 is 2.68 bits per heavy atom. The zero-order valence-electron chi connectivity index (χ0n) is 10.4. The molecule has 0 radical (unpaired) electrons. The second-order valence-electron chi connectivity index (χ2n) is 4.00. The molecule has 0 spiro atoms. The van der Waals surface area contributed by atoms with Crippen LogP contribution >= 0.6 is 22.9 Å². The topological polar surface area (TPSA) is 55.2 Å². The van der Waals surface area contributed by atoms with E-state index in [9.17, 15) is 10.1 Å². The zero-order valence-corrected chi connectivity index (χ0v) is 11.9. The minimum Gasteiger partial charge on any atom is -0.379 e. The lowest BCUT2D eigenvalue weighted by molar-refractivity contribution is -0.384. The Balaban J connectivity index is 2.10. The number of hydrogen-bond acceptors (Lipinski definition) is 4. The summed E-state index contributed by atoms with van der Waals surface area (Å²) in [4.78, 5) is 12.8. The van der Waals surface area contributed by atoms with Crippen molar-refractivity contribution in [3.63, 3.8) is 0 Å². The average molecular weight is 297 g/mol. The molecule has 6 heteroatoms. The number of aryl methyl sites for hydroxylation is 1. The second-order valence-corrected chi connectivity index (χ2v) is 5.66. The van der Waals surface area contributed by atoms with Crippen molar-refractivity contribution >= 4 is 34.3 Å². The van der Waals surface area contributed by atoms with Gasteiger partial charge in [0.05, 0.1) is 15.6 Å². The molecule has 0 amide bonds. The van der Waals surface area contributed by atoms with Gasteiger partial charge in [0.2, 0.25) is 0 Å². The van der Waals surface area contributed by atoms with Crippen LogP contribution < -0.4 is 5.32 Å². The maximum atomic E-state index is 10.7. The maximum absolute atomic E-state index is 10.7. The van der Waals surface area contributed by atoms with Crippen molar-refractivity contribution in [2.24, 2.45) is 0 Å². The minimum absolute atomic E-state index is 0.0346. The van der Waals surface area contributed by atoms with Gasteiger partial charge in [-0.2, -0.15) is 0 Å². The molecular weight excluding hydrogens is 284 g/mol. The van der Waals surface area contributed by atoms with Crippen LogP contribution in [0.4, 0.5) is 11.4 Å². The SMILES string of the molecule is CCc1ccc(CNc2cc([N+](=O)[O-])ccc2Cl)s1. The number of rotatable bonds is 5. The van der Waals surface area contributed by atoms with Gasteiger partial charge in [0.1, 0.15) is 0 Å². The van der Waals surface area contributed by atoms with E-state index >= 15 is 0 Å². The molecule has 0 atom stereocenters. The molecule has 1 N–H and O–H groups in total. The number of thiophene rings is 1. The lowest BCUT2D eigenvalue weighted by atomic mass is 10.2. The van der Waals surface area contributed by atoms with E-state index in [0.717, 1.165) is 6.42 Å². The van der Waals surface area contributed by atoms with Crippen LogP contribution in [-0.2, 0) is 13.0 Å². The van der Waals surface area contributed by atoms with E-state index in [4.69, 9.17) is 11.6 Å². The molecule has 0 aliphatic rings. The van der Waals surface area contributed by atoms with E-state index in [1.54, 1.807) is 11.3 Å². The quantitative estimate of drug-likeness (QED) is 0.653. The van der Waals surface area contributed by atoms with Gasteiger partial charge in [-0.3, -0.25) is 10.1 Å². The summed E-state index contributed by atoms with van der Waals surface area (Å²) < 4.78 is 0. The monoisotopic (exact) mass is 296 g/mol. The van der Waals surface area contributed by atoms with E-state index in [2.05, 4.69) is 24.4 Å². The van der Waals surface area contributed by atoms with Crippen LogP contribution in [-0.4, -0.2) is 4.92 Å². The number of nitro benzene ring substituents is 1. The molecule has 0 aliphatic heterocycles. The molecule has 100 valence electrons. The highest BCUT2D eigenvalue weighted by Crippen LogP contribution is 2.27. The molecule has 2 aromatic rings. The first-order valence-electron chi connectivity index (χ1n) is 5.85. The van der Waals surface area contributed by atoms with Crippen molar-refractivity contribution in [2.75, 3.05) is 5.32 Å². The molecular formula is C13H13ClN2O2S. The Bertz CT molecular complexity index is 598. The highest BCUT2D eigenvalue weighted by atomic mass is 35.5. The van der Waals surface area contributed by atoms with Crippen LogP contribution in [0.2, 0.25) is 5.02 Å². The molecule has 0 saturated heterocycles. The third-order valence-electron chi connectivity index (χ3n) is 2.68. The summed E-state index contributed by atoms with van der Waals surface area (Å²) in [5.74, 6) is 0. The summed E-state index contributed by atoms with van der Waals surface area (Å²) >= 11 is 7.75. The Kier molecular flexibility index (Phi) is 4.39. The van der Waals surface area contributed by atoms with Crippen LogP contribution in [0.15, 0.2) is 30.3 Å². The average Bonchev–Trinajstić information content (AvgIpc) is 2.85. The molecule has 0 unspecified atom stereocenters. The van der Waals surface area contributed by atoms with E-state index in [-0.39, 0.29) is 5.69 Å². The Hall–Kier alpha value is -1.59. The first-order valence-corrected chi connectivity index (χ1v) is 7.05. The summed E-state index contributed by atoms with van der Waals surface area (Å²) in [6.07, 6.45) is 1.02. The van der Waals surface area contributed by atoms with Gasteiger partial charge in [0.15, 0.2) is 0 Å². The largest absolute Gasteiger partial charge is 0.379 e. The third kappa shape index (κ3) is 3.45. The highest BCUT2D eigenvalue weighted by Gasteiger charge is 2.09. The number of nitro groups is 1. The summed E-state index contributed by atoms with van der Waals surface area (Å²) in [6.45, 7) is 2.73. The Morgan fingerprint density at radius 1 is 1.32 bits per heavy atom. The van der Waals surface area contributed by atoms with Crippen molar-refractivity contribution in [1.82, 2.24) is 0 Å². The summed E-state index contributed by atoms with van der Waals surface area (Å²) in [5.41, 5.74) is 0.620. The minimum atomic E-state index is -0.429. The van der Waals surface area contributed by atoms with Crippen LogP contribution in [0.3, 0.4) is 0 Å². The number of halogens is 1. The van der Waals surface area contributed by atoms with E-state index in [1.807, 2.05) is 0 Å². The fourth-order valence-corrected chi connectivity index (χ4v) is 2.73. The third-order valence-corrected chi connectivity index (χ3v) is 4.24. The van der Waals surface area contributed by atoms with Crippen molar-refractivity contribution in [1.29, 1.82) is 0 Å². The van der Waals surface area contributed by atoms with Crippen molar-refractivity contribution in [3.8, 4) is 0 Å². The molecule has 0 saturated carbocycles. The van der Waals surface area contributed by atoms with Gasteiger partial charge in [0.25, 0.3) is 5.69 Å². The summed E-state index contributed by atoms with van der Waals surface area (Å²) in [5, 5.41) is 14.3. The number of benzene rings is 1. The fourth-order valence-electron chi connectivity index (χ4n) is 1.65. The molecule has 0 fully saturated rings. The van der Waals surface area contributed by atoms with Gasteiger partial charge in [-0.25, -0.2) is 0 Å². The molecule has 19 heavy (non-hydrogen) atoms. The Morgan fingerprint density at radius 2 is 2.05 bits per heavy atom. The van der Waals surface area contributed by atoms with Gasteiger partial charge in [-0.1, -0.05) is 18.5 Å². The predicted molar refractivity (Wildman–Crippen MR) is 79.1 cm³/mol. The normalized spacial score (nSPS) is 10.4. The number of hydrogen-bond donors (Lipinski definition) is 1. The summed E-state index contributed by atoms with van der Waals surface area (Å²) in [7, 11) is 0. The summed E-state index contributed by atoms with van der Waals surface area (Å²) in [6, 6.07) is 8.54. The van der Waals surface area contributed by atoms with Crippen LogP contribution in [0.25, 0.3) is 0 Å². The van der Waals surface area contributed by atoms with E-state index in [0.29, 0.717) is 17.3 Å². The molecule has 0 aliphatic carbocycles. The van der Waals surface area contributed by atoms with Crippen molar-refractivity contribution in [2.45, 2.75) is 19.9 Å². The van der Waals surface area contributed by atoms with Crippen LogP contribution in [0.1, 0.15) is 16.7 Å². The van der Waals surface area contributed by atoms with E-state index < -0.39 is 4.92 Å². The molecule has 1 aromatic heterocycles. The number of nitrogens with zero attached hydrogens (tertiary/aromatic N) is 1. The van der Waals surface area contributed by atoms with E-state index in [1.165, 1.54) is 28.0 Å². The number of non-ortho nitro benzene ring substituents is 1. The molecule has 1 heterocycles. The van der Waals surface area contributed by atoms with Gasteiger partial charge >= 0.3 is 0 Å². The molecule has 4 nitrogen and oxygen atoms in total. The smallest absolute Gasteiger partial charge is 0.271 e. The van der Waals surface area contributed by atoms with Gasteiger partial charge < -0.3 is 5.32 Å². The highest BCUT2D eigenvalue weighted by molar-refractivity contribution is 7.12. The van der Waals surface area contributed by atoms with Gasteiger partial charge in [-0.15, -0.1) is 11.3 Å². The fraction of sp³-hybridized carbons (Fsp3) is 0.231. The predicted octanol–water partition coefficient (Wildman–Crippen LogP) is 4.48. The van der Waals surface area contributed by atoms with Crippen molar-refractivity contribution < 1.29 is 4.92 Å². The van der Waals surface area contributed by atoms with Gasteiger partial charge in [0, 0.05) is 28.4 Å². The number of anilines is 1. The van der Waals surface area contributed by atoms with Crippen LogP contribution in [0.5, 0.6) is 0 Å². The van der Waals surface area contributed by atoms with Crippen molar-refractivity contribution in [3.05, 3.63) is 55.2 Å². The van der Waals surface area contributed by atoms with Gasteiger partial charge in [-0.05, 0) is 24.6 Å². The standard InChI is InChI=1S/C13H13ClN2O2S/c1-2-10-4-5-11(19-10)8-15-13-7-9(16(17)18)3-6-12(13)14/h3-7,15H,2,8H2,1H3. The zero-order chi connectivity index (χ0) is 13.8.